The van der Waals surface area contributed by atoms with Gasteiger partial charge in [-0.15, -0.1) is 0 Å². The Hall–Kier alpha value is -1.28. The van der Waals surface area contributed by atoms with E-state index in [9.17, 15) is 0 Å². The molecule has 0 bridgehead atoms. The summed E-state index contributed by atoms with van der Waals surface area (Å²) in [5.41, 5.74) is 2.53. The van der Waals surface area contributed by atoms with E-state index in [1.807, 2.05) is 18.2 Å². The number of hydrogen-bond acceptors (Lipinski definition) is 2. The summed E-state index contributed by atoms with van der Waals surface area (Å²) in [6.07, 6.45) is 2.18. The third kappa shape index (κ3) is 4.17. The van der Waals surface area contributed by atoms with Gasteiger partial charge in [-0.25, -0.2) is 0 Å². The zero-order valence-electron chi connectivity index (χ0n) is 9.71. The second-order valence-corrected chi connectivity index (χ2v) is 3.72. The van der Waals surface area contributed by atoms with E-state index >= 15 is 0 Å². The Morgan fingerprint density at radius 3 is 2.73 bits per heavy atom. The molecule has 1 N–H and O–H groups in total. The topological polar surface area (TPSA) is 21.3 Å². The van der Waals surface area contributed by atoms with Gasteiger partial charge in [-0.3, -0.25) is 0 Å². The normalized spacial score (nSPS) is 9.80. The molecule has 2 heteroatoms. The van der Waals surface area contributed by atoms with Crippen LogP contribution < -0.4 is 10.1 Å². The van der Waals surface area contributed by atoms with Crippen molar-refractivity contribution in [1.29, 1.82) is 0 Å². The van der Waals surface area contributed by atoms with E-state index in [1.165, 1.54) is 11.1 Å². The molecule has 1 rings (SSSR count). The highest BCUT2D eigenvalue weighted by molar-refractivity contribution is 5.32. The second kappa shape index (κ2) is 6.25. The van der Waals surface area contributed by atoms with Crippen LogP contribution in [-0.2, 0) is 6.54 Å². The molecule has 1 aromatic rings. The molecule has 82 valence electrons. The lowest BCUT2D eigenvalue weighted by atomic mass is 10.2. The average molecular weight is 205 g/mol. The molecule has 0 amide bonds. The predicted molar refractivity (Wildman–Crippen MR) is 64.1 cm³/mol. The van der Waals surface area contributed by atoms with Gasteiger partial charge in [-0.2, -0.15) is 0 Å². The van der Waals surface area contributed by atoms with Crippen molar-refractivity contribution in [2.45, 2.75) is 20.4 Å². The molecular weight excluding hydrogens is 186 g/mol. The summed E-state index contributed by atoms with van der Waals surface area (Å²) in [7, 11) is 1.70. The van der Waals surface area contributed by atoms with Crippen LogP contribution in [0.2, 0.25) is 0 Å². The Kier molecular flexibility index (Phi) is 4.91. The number of methoxy groups -OCH3 is 1. The van der Waals surface area contributed by atoms with Crippen LogP contribution in [-0.4, -0.2) is 13.7 Å². The molecule has 0 heterocycles. The van der Waals surface area contributed by atoms with Gasteiger partial charge < -0.3 is 10.1 Å². The predicted octanol–water partition coefficient (Wildman–Crippen LogP) is 2.75. The number of ether oxygens (including phenoxy) is 1. The summed E-state index contributed by atoms with van der Waals surface area (Å²) in [5, 5.41) is 3.35. The van der Waals surface area contributed by atoms with Crippen LogP contribution in [0.5, 0.6) is 5.75 Å². The molecule has 0 atom stereocenters. The van der Waals surface area contributed by atoms with Gasteiger partial charge in [0.15, 0.2) is 0 Å². The van der Waals surface area contributed by atoms with Gasteiger partial charge in [0.05, 0.1) is 7.11 Å². The van der Waals surface area contributed by atoms with Crippen LogP contribution in [0.1, 0.15) is 19.4 Å². The van der Waals surface area contributed by atoms with Gasteiger partial charge in [-0.05, 0) is 19.9 Å². The van der Waals surface area contributed by atoms with E-state index in [0.29, 0.717) is 0 Å². The molecule has 15 heavy (non-hydrogen) atoms. The van der Waals surface area contributed by atoms with Gasteiger partial charge in [0.1, 0.15) is 5.75 Å². The van der Waals surface area contributed by atoms with Crippen molar-refractivity contribution in [2.24, 2.45) is 0 Å². The monoisotopic (exact) mass is 205 g/mol. The Balaban J connectivity index is 2.46. The highest BCUT2D eigenvalue weighted by Crippen LogP contribution is 2.16. The molecule has 0 aromatic heterocycles. The highest BCUT2D eigenvalue weighted by Gasteiger charge is 1.99. The summed E-state index contributed by atoms with van der Waals surface area (Å²) >= 11 is 0. The number of para-hydroxylation sites is 1. The van der Waals surface area contributed by atoms with Crippen molar-refractivity contribution < 1.29 is 4.74 Å². The molecule has 0 saturated heterocycles. The summed E-state index contributed by atoms with van der Waals surface area (Å²) < 4.78 is 5.27. The first-order valence-corrected chi connectivity index (χ1v) is 5.20. The summed E-state index contributed by atoms with van der Waals surface area (Å²) in [4.78, 5) is 0. The fraction of sp³-hybridized carbons (Fsp3) is 0.385. The van der Waals surface area contributed by atoms with Crippen molar-refractivity contribution >= 4 is 0 Å². The van der Waals surface area contributed by atoms with Crippen LogP contribution in [0.25, 0.3) is 0 Å². The SMILES string of the molecule is COc1ccccc1CNCC=C(C)C. The smallest absolute Gasteiger partial charge is 0.123 e. The lowest BCUT2D eigenvalue weighted by Gasteiger charge is -2.08. The third-order valence-corrected chi connectivity index (χ3v) is 2.16. The van der Waals surface area contributed by atoms with Crippen LogP contribution in [0.4, 0.5) is 0 Å². The van der Waals surface area contributed by atoms with Crippen molar-refractivity contribution in [2.75, 3.05) is 13.7 Å². The maximum absolute atomic E-state index is 5.27. The number of hydrogen-bond donors (Lipinski definition) is 1. The first-order chi connectivity index (χ1) is 7.24. The second-order valence-electron chi connectivity index (χ2n) is 3.72. The fourth-order valence-corrected chi connectivity index (χ4v) is 1.33. The molecule has 0 radical (unpaired) electrons. The first-order valence-electron chi connectivity index (χ1n) is 5.20. The van der Waals surface area contributed by atoms with Crippen molar-refractivity contribution in [3.63, 3.8) is 0 Å². The first kappa shape index (κ1) is 11.8. The molecule has 2 nitrogen and oxygen atoms in total. The summed E-state index contributed by atoms with van der Waals surface area (Å²) in [6.45, 7) is 5.95. The minimum Gasteiger partial charge on any atom is -0.496 e. The van der Waals surface area contributed by atoms with E-state index in [1.54, 1.807) is 7.11 Å². The van der Waals surface area contributed by atoms with Crippen molar-refractivity contribution in [3.8, 4) is 5.75 Å². The third-order valence-electron chi connectivity index (χ3n) is 2.16. The van der Waals surface area contributed by atoms with Crippen LogP contribution in [0, 0.1) is 0 Å². The van der Waals surface area contributed by atoms with E-state index in [2.05, 4.69) is 31.3 Å². The molecule has 0 aliphatic heterocycles. The zero-order valence-corrected chi connectivity index (χ0v) is 9.71. The standard InChI is InChI=1S/C13H19NO/c1-11(2)8-9-14-10-12-6-4-5-7-13(12)15-3/h4-8,14H,9-10H2,1-3H3. The maximum atomic E-state index is 5.27. The van der Waals surface area contributed by atoms with Gasteiger partial charge in [0, 0.05) is 18.7 Å². The van der Waals surface area contributed by atoms with E-state index in [-0.39, 0.29) is 0 Å². The van der Waals surface area contributed by atoms with E-state index < -0.39 is 0 Å². The number of nitrogens with one attached hydrogen (secondary N) is 1. The maximum Gasteiger partial charge on any atom is 0.123 e. The number of rotatable bonds is 5. The largest absolute Gasteiger partial charge is 0.496 e. The van der Waals surface area contributed by atoms with Gasteiger partial charge in [-0.1, -0.05) is 29.8 Å². The average Bonchev–Trinajstić information content (AvgIpc) is 2.24. The van der Waals surface area contributed by atoms with Gasteiger partial charge in [0.2, 0.25) is 0 Å². The van der Waals surface area contributed by atoms with Crippen LogP contribution in [0.3, 0.4) is 0 Å². The number of allylic oxidation sites excluding steroid dienone is 1. The molecular formula is C13H19NO. The summed E-state index contributed by atoms with van der Waals surface area (Å²) in [6, 6.07) is 8.07. The lowest BCUT2D eigenvalue weighted by molar-refractivity contribution is 0.408. The Labute approximate surface area is 92.0 Å². The molecule has 1 aromatic carbocycles. The lowest BCUT2D eigenvalue weighted by Crippen LogP contribution is -2.13. The fourth-order valence-electron chi connectivity index (χ4n) is 1.33. The minimum atomic E-state index is 0.841. The van der Waals surface area contributed by atoms with Gasteiger partial charge >= 0.3 is 0 Å². The Bertz CT molecular complexity index is 327. The molecule has 0 unspecified atom stereocenters. The highest BCUT2D eigenvalue weighted by atomic mass is 16.5. The van der Waals surface area contributed by atoms with E-state index in [0.717, 1.165) is 18.8 Å². The molecule has 0 aliphatic rings. The Morgan fingerprint density at radius 1 is 1.33 bits per heavy atom. The van der Waals surface area contributed by atoms with E-state index in [4.69, 9.17) is 4.74 Å². The molecule has 0 aliphatic carbocycles. The zero-order chi connectivity index (χ0) is 11.1. The molecule has 0 saturated carbocycles. The van der Waals surface area contributed by atoms with Crippen LogP contribution in [0.15, 0.2) is 35.9 Å². The molecule has 0 fully saturated rings. The summed E-state index contributed by atoms with van der Waals surface area (Å²) in [5.74, 6) is 0.946. The quantitative estimate of drug-likeness (QED) is 0.589. The Morgan fingerprint density at radius 2 is 2.07 bits per heavy atom. The van der Waals surface area contributed by atoms with Gasteiger partial charge in [0.25, 0.3) is 0 Å². The molecule has 0 spiro atoms. The van der Waals surface area contributed by atoms with Crippen molar-refractivity contribution in [3.05, 3.63) is 41.5 Å². The minimum absolute atomic E-state index is 0.841. The van der Waals surface area contributed by atoms with Crippen molar-refractivity contribution in [1.82, 2.24) is 5.32 Å². The van der Waals surface area contributed by atoms with Crippen LogP contribution >= 0.6 is 0 Å². The number of benzene rings is 1.